The number of amides is 2. The van der Waals surface area contributed by atoms with Crippen LogP contribution in [0.5, 0.6) is 0 Å². The molecule has 0 aliphatic heterocycles. The summed E-state index contributed by atoms with van der Waals surface area (Å²) in [5.41, 5.74) is 6.05. The molecule has 0 aliphatic rings. The van der Waals surface area contributed by atoms with E-state index in [1.165, 1.54) is 16.2 Å². The van der Waals surface area contributed by atoms with E-state index in [1.54, 1.807) is 0 Å². The molecule has 0 atom stereocenters. The van der Waals surface area contributed by atoms with Crippen LogP contribution in [-0.2, 0) is 11.2 Å². The molecule has 1 aromatic heterocycles. The Labute approximate surface area is 92.5 Å². The monoisotopic (exact) mass is 226 g/mol. The lowest BCUT2D eigenvalue weighted by molar-refractivity contribution is -0.117. The molecule has 0 radical (unpaired) electrons. The van der Waals surface area contributed by atoms with Crippen molar-refractivity contribution in [3.63, 3.8) is 0 Å². The highest BCUT2D eigenvalue weighted by molar-refractivity contribution is 7.14. The number of carbonyl (C=O) groups excluding carboxylic acids is 2. The molecule has 0 spiro atoms. The van der Waals surface area contributed by atoms with Crippen LogP contribution >= 0.6 is 11.3 Å². The fourth-order valence-corrected chi connectivity index (χ4v) is 2.27. The molecule has 3 N–H and O–H groups in total. The van der Waals surface area contributed by atoms with Gasteiger partial charge >= 0.3 is 0 Å². The van der Waals surface area contributed by atoms with E-state index in [1.807, 2.05) is 19.9 Å². The van der Waals surface area contributed by atoms with E-state index in [4.69, 9.17) is 5.73 Å². The Morgan fingerprint density at radius 1 is 1.53 bits per heavy atom. The van der Waals surface area contributed by atoms with Crippen molar-refractivity contribution in [2.75, 3.05) is 6.54 Å². The number of rotatable bonds is 4. The van der Waals surface area contributed by atoms with Crippen molar-refractivity contribution in [2.45, 2.75) is 20.3 Å². The molecule has 5 heteroatoms. The topological polar surface area (TPSA) is 72.2 Å². The van der Waals surface area contributed by atoms with Gasteiger partial charge in [0.25, 0.3) is 5.91 Å². The molecule has 82 valence electrons. The highest BCUT2D eigenvalue weighted by Gasteiger charge is 2.11. The molecule has 1 rings (SSSR count). The average Bonchev–Trinajstić information content (AvgIpc) is 2.56. The number of hydrogen-bond acceptors (Lipinski definition) is 3. The molecule has 4 nitrogen and oxygen atoms in total. The van der Waals surface area contributed by atoms with Crippen molar-refractivity contribution < 1.29 is 9.59 Å². The van der Waals surface area contributed by atoms with E-state index in [2.05, 4.69) is 5.32 Å². The molecule has 0 bridgehead atoms. The average molecular weight is 226 g/mol. The Kier molecular flexibility index (Phi) is 3.85. The largest absolute Gasteiger partial charge is 0.368 e. The van der Waals surface area contributed by atoms with Crippen LogP contribution in [0.1, 0.15) is 27.0 Å². The van der Waals surface area contributed by atoms with E-state index in [0.717, 1.165) is 12.0 Å². The molecular weight excluding hydrogens is 212 g/mol. The first kappa shape index (κ1) is 11.7. The molecule has 1 heterocycles. The van der Waals surface area contributed by atoms with E-state index in [-0.39, 0.29) is 12.5 Å². The Bertz CT molecular complexity index is 385. The Morgan fingerprint density at radius 2 is 2.20 bits per heavy atom. The third-order valence-corrected chi connectivity index (χ3v) is 3.37. The van der Waals surface area contributed by atoms with Crippen molar-refractivity contribution in [3.05, 3.63) is 21.4 Å². The number of carbonyl (C=O) groups is 2. The van der Waals surface area contributed by atoms with Crippen LogP contribution in [0.4, 0.5) is 0 Å². The van der Waals surface area contributed by atoms with Gasteiger partial charge in [-0.05, 0) is 25.0 Å². The Balaban J connectivity index is 2.69. The minimum Gasteiger partial charge on any atom is -0.368 e. The molecule has 2 amide bonds. The number of hydrogen-bond donors (Lipinski definition) is 2. The van der Waals surface area contributed by atoms with Crippen LogP contribution in [0.15, 0.2) is 6.07 Å². The second-order valence-corrected chi connectivity index (χ2v) is 4.36. The van der Waals surface area contributed by atoms with E-state index < -0.39 is 5.91 Å². The van der Waals surface area contributed by atoms with Gasteiger partial charge in [0.15, 0.2) is 0 Å². The summed E-state index contributed by atoms with van der Waals surface area (Å²) in [6.07, 6.45) is 0.916. The molecule has 0 aromatic carbocycles. The van der Waals surface area contributed by atoms with Crippen LogP contribution in [0, 0.1) is 6.92 Å². The van der Waals surface area contributed by atoms with Crippen molar-refractivity contribution in [1.82, 2.24) is 5.32 Å². The van der Waals surface area contributed by atoms with Gasteiger partial charge in [0.05, 0.1) is 11.4 Å². The zero-order valence-corrected chi connectivity index (χ0v) is 9.61. The van der Waals surface area contributed by atoms with Gasteiger partial charge in [0, 0.05) is 4.88 Å². The third kappa shape index (κ3) is 3.06. The maximum absolute atomic E-state index is 11.5. The van der Waals surface area contributed by atoms with Gasteiger partial charge in [0.1, 0.15) is 0 Å². The van der Waals surface area contributed by atoms with Crippen LogP contribution in [0.3, 0.4) is 0 Å². The second-order valence-electron chi connectivity index (χ2n) is 3.22. The van der Waals surface area contributed by atoms with Crippen molar-refractivity contribution in [3.8, 4) is 0 Å². The van der Waals surface area contributed by atoms with Gasteiger partial charge in [-0.2, -0.15) is 0 Å². The summed E-state index contributed by atoms with van der Waals surface area (Å²) in [6, 6.07) is 1.83. The smallest absolute Gasteiger partial charge is 0.261 e. The molecule has 1 aromatic rings. The first-order chi connectivity index (χ1) is 7.04. The summed E-state index contributed by atoms with van der Waals surface area (Å²) in [5, 5.41) is 2.46. The zero-order valence-electron chi connectivity index (χ0n) is 8.79. The molecule has 0 fully saturated rings. The molecular formula is C10H14N2O2S. The summed E-state index contributed by atoms with van der Waals surface area (Å²) >= 11 is 1.46. The Hall–Kier alpha value is -1.36. The lowest BCUT2D eigenvalue weighted by Crippen LogP contribution is -2.32. The first-order valence-corrected chi connectivity index (χ1v) is 5.52. The highest BCUT2D eigenvalue weighted by atomic mass is 32.1. The predicted molar refractivity (Wildman–Crippen MR) is 60.0 cm³/mol. The number of nitrogens with two attached hydrogens (primary N) is 1. The molecule has 0 saturated heterocycles. The van der Waals surface area contributed by atoms with Crippen LogP contribution < -0.4 is 11.1 Å². The lowest BCUT2D eigenvalue weighted by atomic mass is 10.2. The standard InChI is InChI=1S/C10H14N2O2S/c1-3-7-6(2)4-8(15-7)10(14)12-5-9(11)13/h4H,3,5H2,1-2H3,(H2,11,13)(H,12,14). The number of nitrogens with one attached hydrogen (secondary N) is 1. The molecule has 0 aliphatic carbocycles. The second kappa shape index (κ2) is 4.93. The van der Waals surface area contributed by atoms with Crippen LogP contribution in [-0.4, -0.2) is 18.4 Å². The highest BCUT2D eigenvalue weighted by Crippen LogP contribution is 2.21. The zero-order chi connectivity index (χ0) is 11.4. The van der Waals surface area contributed by atoms with Gasteiger partial charge in [-0.25, -0.2) is 0 Å². The molecule has 0 saturated carbocycles. The minimum atomic E-state index is -0.535. The summed E-state index contributed by atoms with van der Waals surface area (Å²) in [7, 11) is 0. The van der Waals surface area contributed by atoms with Gasteiger partial charge < -0.3 is 11.1 Å². The summed E-state index contributed by atoms with van der Waals surface area (Å²) in [5.74, 6) is -0.769. The molecule has 15 heavy (non-hydrogen) atoms. The minimum absolute atomic E-state index is 0.114. The lowest BCUT2D eigenvalue weighted by Gasteiger charge is -1.98. The summed E-state index contributed by atoms with van der Waals surface area (Å²) < 4.78 is 0. The number of aryl methyl sites for hydroxylation is 2. The number of thiophene rings is 1. The van der Waals surface area contributed by atoms with Gasteiger partial charge in [-0.3, -0.25) is 9.59 Å². The van der Waals surface area contributed by atoms with Crippen molar-refractivity contribution in [1.29, 1.82) is 0 Å². The maximum atomic E-state index is 11.5. The summed E-state index contributed by atoms with van der Waals surface area (Å²) in [4.78, 5) is 23.8. The van der Waals surface area contributed by atoms with Gasteiger partial charge in [-0.15, -0.1) is 11.3 Å². The van der Waals surface area contributed by atoms with Crippen molar-refractivity contribution in [2.24, 2.45) is 5.73 Å². The summed E-state index contributed by atoms with van der Waals surface area (Å²) in [6.45, 7) is 3.90. The van der Waals surface area contributed by atoms with Crippen LogP contribution in [0.25, 0.3) is 0 Å². The predicted octanol–water partition coefficient (Wildman–Crippen LogP) is 0.834. The first-order valence-electron chi connectivity index (χ1n) is 4.70. The third-order valence-electron chi connectivity index (χ3n) is 1.99. The maximum Gasteiger partial charge on any atom is 0.261 e. The van der Waals surface area contributed by atoms with E-state index >= 15 is 0 Å². The van der Waals surface area contributed by atoms with Crippen molar-refractivity contribution >= 4 is 23.2 Å². The Morgan fingerprint density at radius 3 is 2.67 bits per heavy atom. The number of primary amides is 1. The van der Waals surface area contributed by atoms with Gasteiger partial charge in [-0.1, -0.05) is 6.92 Å². The van der Waals surface area contributed by atoms with Crippen LogP contribution in [0.2, 0.25) is 0 Å². The van der Waals surface area contributed by atoms with E-state index in [9.17, 15) is 9.59 Å². The quantitative estimate of drug-likeness (QED) is 0.798. The SMILES string of the molecule is CCc1sc(C(=O)NCC(N)=O)cc1C. The molecule has 0 unspecified atom stereocenters. The fourth-order valence-electron chi connectivity index (χ4n) is 1.24. The van der Waals surface area contributed by atoms with Gasteiger partial charge in [0.2, 0.25) is 5.91 Å². The van der Waals surface area contributed by atoms with E-state index in [0.29, 0.717) is 4.88 Å². The normalized spacial score (nSPS) is 10.0. The fraction of sp³-hybridized carbons (Fsp3) is 0.400.